The molecule has 3 rings (SSSR count). The summed E-state index contributed by atoms with van der Waals surface area (Å²) in [5.41, 5.74) is 2.63. The summed E-state index contributed by atoms with van der Waals surface area (Å²) in [5, 5.41) is 5.69. The Morgan fingerprint density at radius 3 is 2.50 bits per heavy atom. The van der Waals surface area contributed by atoms with Crippen molar-refractivity contribution < 1.29 is 9.18 Å². The van der Waals surface area contributed by atoms with Crippen LogP contribution in [0.15, 0.2) is 60.9 Å². The summed E-state index contributed by atoms with van der Waals surface area (Å²) in [6.45, 7) is 1.98. The number of hydrogen-bond acceptors (Lipinski definition) is 4. The first-order valence-electron chi connectivity index (χ1n) is 7.33. The molecule has 0 radical (unpaired) electrons. The maximum atomic E-state index is 13.1. The van der Waals surface area contributed by atoms with Gasteiger partial charge in [0.1, 0.15) is 5.82 Å². The molecule has 120 valence electrons. The highest BCUT2D eigenvalue weighted by atomic mass is 19.1. The molecule has 0 bridgehead atoms. The molecule has 0 saturated heterocycles. The van der Waals surface area contributed by atoms with Gasteiger partial charge in [-0.3, -0.25) is 4.79 Å². The summed E-state index contributed by atoms with van der Waals surface area (Å²) in [6.07, 6.45) is 2.84. The molecular formula is C18H15FN4O. The summed E-state index contributed by atoms with van der Waals surface area (Å²) < 4.78 is 13.1. The minimum absolute atomic E-state index is 0.287. The highest BCUT2D eigenvalue weighted by Crippen LogP contribution is 2.17. The zero-order valence-corrected chi connectivity index (χ0v) is 13.0. The number of aryl methyl sites for hydroxylation is 1. The van der Waals surface area contributed by atoms with Gasteiger partial charge < -0.3 is 10.6 Å². The number of aromatic nitrogens is 2. The number of anilines is 3. The molecule has 0 aliphatic rings. The first kappa shape index (κ1) is 15.6. The van der Waals surface area contributed by atoms with Crippen LogP contribution >= 0.6 is 0 Å². The Kier molecular flexibility index (Phi) is 4.47. The summed E-state index contributed by atoms with van der Waals surface area (Å²) >= 11 is 0. The number of hydrogen-bond donors (Lipinski definition) is 2. The first-order valence-corrected chi connectivity index (χ1v) is 7.33. The predicted molar refractivity (Wildman–Crippen MR) is 90.8 cm³/mol. The molecule has 0 spiro atoms. The van der Waals surface area contributed by atoms with Crippen LogP contribution in [0.1, 0.15) is 15.9 Å². The lowest BCUT2D eigenvalue weighted by atomic mass is 10.2. The molecule has 0 atom stereocenters. The van der Waals surface area contributed by atoms with Crippen molar-refractivity contribution in [2.45, 2.75) is 6.92 Å². The van der Waals surface area contributed by atoms with Crippen molar-refractivity contribution >= 4 is 23.2 Å². The molecule has 0 unspecified atom stereocenters. The Morgan fingerprint density at radius 1 is 1.04 bits per heavy atom. The van der Waals surface area contributed by atoms with Crippen LogP contribution in [0.3, 0.4) is 0 Å². The van der Waals surface area contributed by atoms with Crippen LogP contribution in [0.4, 0.5) is 21.7 Å². The van der Waals surface area contributed by atoms with Crippen molar-refractivity contribution in [1.29, 1.82) is 0 Å². The van der Waals surface area contributed by atoms with E-state index in [1.807, 2.05) is 31.2 Å². The normalized spacial score (nSPS) is 10.2. The molecule has 3 aromatic rings. The minimum atomic E-state index is -0.415. The van der Waals surface area contributed by atoms with E-state index in [9.17, 15) is 9.18 Å². The fourth-order valence-corrected chi connectivity index (χ4v) is 2.11. The molecular weight excluding hydrogens is 307 g/mol. The fourth-order valence-electron chi connectivity index (χ4n) is 2.11. The average molecular weight is 322 g/mol. The van der Waals surface area contributed by atoms with Crippen molar-refractivity contribution in [3.63, 3.8) is 0 Å². The maximum absolute atomic E-state index is 13.1. The Labute approximate surface area is 138 Å². The van der Waals surface area contributed by atoms with Crippen LogP contribution < -0.4 is 10.6 Å². The Hall–Kier alpha value is -3.28. The molecule has 5 nitrogen and oxygen atoms in total. The zero-order chi connectivity index (χ0) is 16.9. The summed E-state index contributed by atoms with van der Waals surface area (Å²) in [5.74, 6) is -0.420. The van der Waals surface area contributed by atoms with Crippen LogP contribution in [-0.4, -0.2) is 15.9 Å². The SMILES string of the molecule is Cc1ccccc1Nc1ncc(C(=O)Nc2cccc(F)c2)cn1. The molecule has 0 saturated carbocycles. The van der Waals surface area contributed by atoms with E-state index >= 15 is 0 Å². The largest absolute Gasteiger partial charge is 0.324 e. The molecule has 24 heavy (non-hydrogen) atoms. The second kappa shape index (κ2) is 6.87. The van der Waals surface area contributed by atoms with Gasteiger partial charge in [-0.1, -0.05) is 24.3 Å². The Morgan fingerprint density at radius 2 is 1.79 bits per heavy atom. The maximum Gasteiger partial charge on any atom is 0.258 e. The standard InChI is InChI=1S/C18H15FN4O/c1-12-5-2-3-8-16(12)23-18-20-10-13(11-21-18)17(24)22-15-7-4-6-14(19)9-15/h2-11H,1H3,(H,22,24)(H,20,21,23). The third-order valence-electron chi connectivity index (χ3n) is 3.39. The van der Waals surface area contributed by atoms with E-state index in [2.05, 4.69) is 20.6 Å². The third-order valence-corrected chi connectivity index (χ3v) is 3.39. The van der Waals surface area contributed by atoms with Crippen molar-refractivity contribution in [1.82, 2.24) is 9.97 Å². The monoisotopic (exact) mass is 322 g/mol. The van der Waals surface area contributed by atoms with Gasteiger partial charge in [-0.2, -0.15) is 0 Å². The molecule has 2 aromatic carbocycles. The molecule has 1 aromatic heterocycles. The van der Waals surface area contributed by atoms with Crippen molar-refractivity contribution in [3.8, 4) is 0 Å². The topological polar surface area (TPSA) is 66.9 Å². The second-order valence-electron chi connectivity index (χ2n) is 5.20. The van der Waals surface area contributed by atoms with Gasteiger partial charge in [-0.25, -0.2) is 14.4 Å². The van der Waals surface area contributed by atoms with E-state index in [0.29, 0.717) is 11.6 Å². The lowest BCUT2D eigenvalue weighted by Crippen LogP contribution is -2.13. The van der Waals surface area contributed by atoms with Crippen LogP contribution in [0.5, 0.6) is 0 Å². The van der Waals surface area contributed by atoms with Gasteiger partial charge >= 0.3 is 0 Å². The molecule has 0 fully saturated rings. The summed E-state index contributed by atoms with van der Waals surface area (Å²) in [4.78, 5) is 20.4. The van der Waals surface area contributed by atoms with Crippen molar-refractivity contribution in [2.75, 3.05) is 10.6 Å². The van der Waals surface area contributed by atoms with Gasteiger partial charge in [0.2, 0.25) is 5.95 Å². The summed E-state index contributed by atoms with van der Waals surface area (Å²) in [7, 11) is 0. The molecule has 2 N–H and O–H groups in total. The highest BCUT2D eigenvalue weighted by Gasteiger charge is 2.08. The van der Waals surface area contributed by atoms with Gasteiger partial charge in [0, 0.05) is 23.8 Å². The van der Waals surface area contributed by atoms with E-state index in [4.69, 9.17) is 0 Å². The average Bonchev–Trinajstić information content (AvgIpc) is 2.57. The van der Waals surface area contributed by atoms with Gasteiger partial charge in [0.05, 0.1) is 5.56 Å². The fraction of sp³-hybridized carbons (Fsp3) is 0.0556. The number of rotatable bonds is 4. The number of halogens is 1. The van der Waals surface area contributed by atoms with Crippen molar-refractivity contribution in [3.05, 3.63) is 77.9 Å². The summed E-state index contributed by atoms with van der Waals surface area (Å²) in [6, 6.07) is 13.4. The highest BCUT2D eigenvalue weighted by molar-refractivity contribution is 6.03. The number of carbonyl (C=O) groups is 1. The zero-order valence-electron chi connectivity index (χ0n) is 13.0. The number of nitrogens with zero attached hydrogens (tertiary/aromatic N) is 2. The number of benzene rings is 2. The first-order chi connectivity index (χ1) is 11.6. The van der Waals surface area contributed by atoms with Gasteiger partial charge in [-0.15, -0.1) is 0 Å². The van der Waals surface area contributed by atoms with Crippen molar-refractivity contribution in [2.24, 2.45) is 0 Å². The minimum Gasteiger partial charge on any atom is -0.324 e. The van der Waals surface area contributed by atoms with E-state index < -0.39 is 11.7 Å². The molecule has 1 amide bonds. The van der Waals surface area contributed by atoms with E-state index in [0.717, 1.165) is 11.3 Å². The second-order valence-corrected chi connectivity index (χ2v) is 5.20. The van der Waals surface area contributed by atoms with Crippen LogP contribution in [0.2, 0.25) is 0 Å². The smallest absolute Gasteiger partial charge is 0.258 e. The molecule has 6 heteroatoms. The third kappa shape index (κ3) is 3.73. The van der Waals surface area contributed by atoms with E-state index in [1.165, 1.54) is 30.6 Å². The van der Waals surface area contributed by atoms with Gasteiger partial charge in [0.25, 0.3) is 5.91 Å². The van der Waals surface area contributed by atoms with Gasteiger partial charge in [-0.05, 0) is 36.8 Å². The Bertz CT molecular complexity index is 865. The molecule has 0 aliphatic carbocycles. The van der Waals surface area contributed by atoms with Crippen LogP contribution in [-0.2, 0) is 0 Å². The predicted octanol–water partition coefficient (Wildman–Crippen LogP) is 3.92. The number of nitrogens with one attached hydrogen (secondary N) is 2. The van der Waals surface area contributed by atoms with Gasteiger partial charge in [0.15, 0.2) is 0 Å². The lowest BCUT2D eigenvalue weighted by molar-refractivity contribution is 0.102. The lowest BCUT2D eigenvalue weighted by Gasteiger charge is -2.08. The molecule has 0 aliphatic heterocycles. The van der Waals surface area contributed by atoms with Crippen LogP contribution in [0, 0.1) is 12.7 Å². The quantitative estimate of drug-likeness (QED) is 0.764. The number of carbonyl (C=O) groups excluding carboxylic acids is 1. The van der Waals surface area contributed by atoms with E-state index in [-0.39, 0.29) is 5.56 Å². The van der Waals surface area contributed by atoms with Crippen LogP contribution in [0.25, 0.3) is 0 Å². The van der Waals surface area contributed by atoms with E-state index in [1.54, 1.807) is 6.07 Å². The number of para-hydroxylation sites is 1. The Balaban J connectivity index is 1.70. The number of amides is 1. The molecule has 1 heterocycles.